The second-order valence-electron chi connectivity index (χ2n) is 8.20. The van der Waals surface area contributed by atoms with E-state index in [9.17, 15) is 4.79 Å². The van der Waals surface area contributed by atoms with Gasteiger partial charge in [-0.2, -0.15) is 0 Å². The molecule has 0 saturated heterocycles. The van der Waals surface area contributed by atoms with Crippen molar-refractivity contribution in [1.29, 1.82) is 0 Å². The lowest BCUT2D eigenvalue weighted by Gasteiger charge is -2.39. The number of ketones is 1. The summed E-state index contributed by atoms with van der Waals surface area (Å²) in [4.78, 5) is 15.9. The van der Waals surface area contributed by atoms with Crippen LogP contribution >= 0.6 is 0 Å². The van der Waals surface area contributed by atoms with Gasteiger partial charge in [0, 0.05) is 28.9 Å². The molecule has 2 aromatic carbocycles. The Balaban J connectivity index is 1.75. The first kappa shape index (κ1) is 16.6. The second-order valence-corrected chi connectivity index (χ2v) is 8.20. The number of para-hydroxylation sites is 1. The van der Waals surface area contributed by atoms with Crippen LogP contribution < -0.4 is 0 Å². The maximum atomic E-state index is 12.2. The summed E-state index contributed by atoms with van der Waals surface area (Å²) >= 11 is 0. The molecular formula is C25H25NO. The molecule has 1 aromatic heterocycles. The molecule has 27 heavy (non-hydrogen) atoms. The van der Waals surface area contributed by atoms with Gasteiger partial charge in [-0.25, -0.2) is 0 Å². The van der Waals surface area contributed by atoms with E-state index < -0.39 is 0 Å². The Morgan fingerprint density at radius 2 is 1.74 bits per heavy atom. The van der Waals surface area contributed by atoms with Gasteiger partial charge in [0.1, 0.15) is 0 Å². The summed E-state index contributed by atoms with van der Waals surface area (Å²) in [5.74, 6) is 1.51. The fourth-order valence-electron chi connectivity index (χ4n) is 5.39. The SMILES string of the molecule is C[C@@H]1Cc2[nH]c3ccccc3c2[C@@H](c2ccccc2)[C@@H]1C1=CC(=O)CCC1. The zero-order valence-corrected chi connectivity index (χ0v) is 15.7. The number of fused-ring (bicyclic) bond motifs is 3. The zero-order valence-electron chi connectivity index (χ0n) is 15.7. The van der Waals surface area contributed by atoms with Crippen molar-refractivity contribution in [3.8, 4) is 0 Å². The van der Waals surface area contributed by atoms with Crippen LogP contribution in [-0.4, -0.2) is 10.8 Å². The molecule has 3 atom stereocenters. The van der Waals surface area contributed by atoms with Gasteiger partial charge in [-0.1, -0.05) is 61.0 Å². The third-order valence-electron chi connectivity index (χ3n) is 6.46. The molecule has 2 aliphatic rings. The number of hydrogen-bond donors (Lipinski definition) is 1. The average molecular weight is 355 g/mol. The summed E-state index contributed by atoms with van der Waals surface area (Å²) in [5.41, 5.74) is 6.77. The number of H-pyrrole nitrogens is 1. The number of allylic oxidation sites excluding steroid dienone is 2. The summed E-state index contributed by atoms with van der Waals surface area (Å²) in [6.45, 7) is 2.36. The van der Waals surface area contributed by atoms with Crippen LogP contribution in [0.15, 0.2) is 66.2 Å². The van der Waals surface area contributed by atoms with Crippen molar-refractivity contribution in [2.45, 2.75) is 38.5 Å². The van der Waals surface area contributed by atoms with Gasteiger partial charge < -0.3 is 4.98 Å². The third kappa shape index (κ3) is 2.75. The van der Waals surface area contributed by atoms with Gasteiger partial charge in [0.15, 0.2) is 5.78 Å². The predicted molar refractivity (Wildman–Crippen MR) is 110 cm³/mol. The van der Waals surface area contributed by atoms with Crippen molar-refractivity contribution in [2.75, 3.05) is 0 Å². The van der Waals surface area contributed by atoms with Crippen molar-refractivity contribution in [1.82, 2.24) is 4.98 Å². The monoisotopic (exact) mass is 355 g/mol. The molecule has 0 radical (unpaired) electrons. The summed E-state index contributed by atoms with van der Waals surface area (Å²) in [5, 5.41) is 1.33. The molecule has 3 aromatic rings. The van der Waals surface area contributed by atoms with Crippen LogP contribution in [0, 0.1) is 11.8 Å². The van der Waals surface area contributed by atoms with Crippen molar-refractivity contribution in [3.05, 3.63) is 83.1 Å². The molecule has 0 spiro atoms. The van der Waals surface area contributed by atoms with Crippen LogP contribution in [0.25, 0.3) is 10.9 Å². The molecule has 1 N–H and O–H groups in total. The van der Waals surface area contributed by atoms with Crippen LogP contribution in [0.1, 0.15) is 48.9 Å². The molecule has 5 rings (SSSR count). The quantitative estimate of drug-likeness (QED) is 0.620. The molecule has 0 saturated carbocycles. The summed E-state index contributed by atoms with van der Waals surface area (Å²) in [7, 11) is 0. The molecule has 0 fully saturated rings. The van der Waals surface area contributed by atoms with Crippen molar-refractivity contribution in [2.24, 2.45) is 11.8 Å². The van der Waals surface area contributed by atoms with Gasteiger partial charge in [0.2, 0.25) is 0 Å². The molecule has 0 unspecified atom stereocenters. The Labute approximate surface area is 160 Å². The van der Waals surface area contributed by atoms with Gasteiger partial charge in [-0.05, 0) is 54.4 Å². The first-order chi connectivity index (χ1) is 13.2. The van der Waals surface area contributed by atoms with E-state index in [4.69, 9.17) is 0 Å². The van der Waals surface area contributed by atoms with Crippen molar-refractivity contribution in [3.63, 3.8) is 0 Å². The molecule has 1 heterocycles. The number of hydrogen-bond acceptors (Lipinski definition) is 1. The van der Waals surface area contributed by atoms with Crippen LogP contribution in [0.2, 0.25) is 0 Å². The number of benzene rings is 2. The summed E-state index contributed by atoms with van der Waals surface area (Å²) in [6.07, 6.45) is 5.78. The molecule has 2 nitrogen and oxygen atoms in total. The van der Waals surface area contributed by atoms with Crippen LogP contribution in [0.3, 0.4) is 0 Å². The summed E-state index contributed by atoms with van der Waals surface area (Å²) in [6, 6.07) is 19.5. The first-order valence-corrected chi connectivity index (χ1v) is 10.1. The van der Waals surface area contributed by atoms with Crippen molar-refractivity contribution < 1.29 is 4.79 Å². The van der Waals surface area contributed by atoms with Crippen LogP contribution in [-0.2, 0) is 11.2 Å². The number of nitrogens with one attached hydrogen (secondary N) is 1. The van der Waals surface area contributed by atoms with E-state index in [2.05, 4.69) is 66.5 Å². The molecule has 0 amide bonds. The highest BCUT2D eigenvalue weighted by Crippen LogP contribution is 2.50. The highest BCUT2D eigenvalue weighted by molar-refractivity contribution is 5.91. The second kappa shape index (κ2) is 6.53. The highest BCUT2D eigenvalue weighted by atomic mass is 16.1. The molecule has 0 aliphatic heterocycles. The maximum Gasteiger partial charge on any atom is 0.155 e. The number of carbonyl (C=O) groups is 1. The molecule has 136 valence electrons. The predicted octanol–water partition coefficient (Wildman–Crippen LogP) is 5.79. The largest absolute Gasteiger partial charge is 0.358 e. The van der Waals surface area contributed by atoms with E-state index in [1.54, 1.807) is 0 Å². The normalized spacial score (nSPS) is 25.3. The Kier molecular flexibility index (Phi) is 4.00. The minimum absolute atomic E-state index is 0.304. The van der Waals surface area contributed by atoms with E-state index in [-0.39, 0.29) is 0 Å². The molecular weight excluding hydrogens is 330 g/mol. The van der Waals surface area contributed by atoms with Crippen LogP contribution in [0.5, 0.6) is 0 Å². The maximum absolute atomic E-state index is 12.2. The lowest BCUT2D eigenvalue weighted by Crippen LogP contribution is -2.31. The summed E-state index contributed by atoms with van der Waals surface area (Å²) < 4.78 is 0. The van der Waals surface area contributed by atoms with Gasteiger partial charge in [0.25, 0.3) is 0 Å². The van der Waals surface area contributed by atoms with Gasteiger partial charge in [-0.15, -0.1) is 0 Å². The first-order valence-electron chi connectivity index (χ1n) is 10.1. The number of aromatic amines is 1. The Hall–Kier alpha value is -2.61. The minimum Gasteiger partial charge on any atom is -0.358 e. The number of carbonyl (C=O) groups excluding carboxylic acids is 1. The third-order valence-corrected chi connectivity index (χ3v) is 6.46. The number of aromatic nitrogens is 1. The van der Waals surface area contributed by atoms with Crippen LogP contribution in [0.4, 0.5) is 0 Å². The lowest BCUT2D eigenvalue weighted by atomic mass is 9.64. The van der Waals surface area contributed by atoms with E-state index >= 15 is 0 Å². The smallest absolute Gasteiger partial charge is 0.155 e. The topological polar surface area (TPSA) is 32.9 Å². The van der Waals surface area contributed by atoms with E-state index in [1.165, 1.54) is 33.3 Å². The Morgan fingerprint density at radius 1 is 0.963 bits per heavy atom. The molecule has 0 bridgehead atoms. The minimum atomic E-state index is 0.304. The van der Waals surface area contributed by atoms with Crippen molar-refractivity contribution >= 4 is 16.7 Å². The van der Waals surface area contributed by atoms with Gasteiger partial charge >= 0.3 is 0 Å². The van der Waals surface area contributed by atoms with Gasteiger partial charge in [0.05, 0.1) is 0 Å². The highest BCUT2D eigenvalue weighted by Gasteiger charge is 2.40. The lowest BCUT2D eigenvalue weighted by molar-refractivity contribution is -0.115. The molecule has 2 aliphatic carbocycles. The fourth-order valence-corrected chi connectivity index (χ4v) is 5.39. The molecule has 2 heteroatoms. The fraction of sp³-hybridized carbons (Fsp3) is 0.320. The average Bonchev–Trinajstić information content (AvgIpc) is 3.05. The number of rotatable bonds is 2. The zero-order chi connectivity index (χ0) is 18.4. The standard InChI is InChI=1S/C25H25NO/c1-16-14-22-25(20-12-5-6-13-21(20)26-22)24(17-8-3-2-4-9-17)23(16)18-10-7-11-19(27)15-18/h2-6,8-9,12-13,15-16,23-24,26H,7,10-11,14H2,1H3/t16-,23+,24+/m1/s1. The Morgan fingerprint density at radius 3 is 2.56 bits per heavy atom. The van der Waals surface area contributed by atoms with E-state index in [0.29, 0.717) is 30.0 Å². The van der Waals surface area contributed by atoms with Gasteiger partial charge in [-0.3, -0.25) is 4.79 Å². The van der Waals surface area contributed by atoms with E-state index in [1.807, 2.05) is 6.08 Å². The Bertz CT molecular complexity index is 1030. The van der Waals surface area contributed by atoms with E-state index in [0.717, 1.165) is 19.3 Å².